The molecule has 2 aromatic rings. The molecule has 0 aliphatic carbocycles. The summed E-state index contributed by atoms with van der Waals surface area (Å²) in [4.78, 5) is 40.7. The number of aliphatic imine (C=N–C) groups is 1. The lowest BCUT2D eigenvalue weighted by Gasteiger charge is -2.42. The Morgan fingerprint density at radius 2 is 1.52 bits per heavy atom. The van der Waals surface area contributed by atoms with Gasteiger partial charge in [0.2, 0.25) is 0 Å². The van der Waals surface area contributed by atoms with Gasteiger partial charge in [-0.1, -0.05) is 41.9 Å². The lowest BCUT2D eigenvalue weighted by molar-refractivity contribution is -0.137. The molecule has 3 aliphatic heterocycles. The third-order valence-electron chi connectivity index (χ3n) is 6.65. The fourth-order valence-corrected chi connectivity index (χ4v) is 4.91. The summed E-state index contributed by atoms with van der Waals surface area (Å²) in [5.41, 5.74) is 2.07. The van der Waals surface area contributed by atoms with Gasteiger partial charge in [0.05, 0.1) is 6.54 Å². The Labute approximate surface area is 198 Å². The van der Waals surface area contributed by atoms with Crippen LogP contribution in [0, 0.1) is 0 Å². The Kier molecular flexibility index (Phi) is 5.62. The summed E-state index contributed by atoms with van der Waals surface area (Å²) >= 11 is 5.98. The van der Waals surface area contributed by atoms with Crippen LogP contribution in [-0.2, 0) is 11.3 Å². The number of fused-ring (bicyclic) bond motifs is 1. The number of guanidine groups is 1. The highest BCUT2D eigenvalue weighted by atomic mass is 35.5. The Bertz CT molecular complexity index is 1070. The van der Waals surface area contributed by atoms with Gasteiger partial charge in [-0.15, -0.1) is 0 Å². The van der Waals surface area contributed by atoms with Crippen LogP contribution < -0.4 is 4.90 Å². The summed E-state index contributed by atoms with van der Waals surface area (Å²) in [6.45, 7) is 3.56. The maximum absolute atomic E-state index is 13.4. The van der Waals surface area contributed by atoms with Gasteiger partial charge in [0.1, 0.15) is 0 Å². The van der Waals surface area contributed by atoms with Crippen LogP contribution in [0.1, 0.15) is 5.56 Å². The molecule has 2 unspecified atom stereocenters. The molecule has 172 valence electrons. The first-order valence-corrected chi connectivity index (χ1v) is 11.5. The summed E-state index contributed by atoms with van der Waals surface area (Å²) in [7, 11) is 3.62. The monoisotopic (exact) mass is 466 g/mol. The van der Waals surface area contributed by atoms with E-state index < -0.39 is 12.2 Å². The van der Waals surface area contributed by atoms with Gasteiger partial charge in [-0.25, -0.2) is 9.79 Å². The van der Waals surface area contributed by atoms with Gasteiger partial charge in [-0.2, -0.15) is 0 Å². The Balaban J connectivity index is 1.30. The van der Waals surface area contributed by atoms with E-state index in [4.69, 9.17) is 16.6 Å². The maximum Gasteiger partial charge on any atom is 0.328 e. The van der Waals surface area contributed by atoms with Crippen molar-refractivity contribution in [3.63, 3.8) is 0 Å². The summed E-state index contributed by atoms with van der Waals surface area (Å²) in [6.07, 6.45) is -0.515. The zero-order valence-corrected chi connectivity index (χ0v) is 19.5. The lowest BCUT2D eigenvalue weighted by atomic mass is 10.1. The molecule has 5 rings (SSSR count). The number of halogens is 1. The van der Waals surface area contributed by atoms with E-state index in [1.807, 2.05) is 30.1 Å². The number of imide groups is 1. The van der Waals surface area contributed by atoms with Crippen molar-refractivity contribution in [3.05, 3.63) is 65.2 Å². The number of amides is 3. The third kappa shape index (κ3) is 3.88. The van der Waals surface area contributed by atoms with Gasteiger partial charge in [0, 0.05) is 51.0 Å². The molecule has 8 nitrogen and oxygen atoms in total. The summed E-state index contributed by atoms with van der Waals surface area (Å²) in [5.74, 6) is 0.557. The number of piperazine rings is 1. The van der Waals surface area contributed by atoms with Crippen LogP contribution >= 0.6 is 11.6 Å². The van der Waals surface area contributed by atoms with Crippen LogP contribution in [0.2, 0.25) is 5.02 Å². The zero-order valence-electron chi connectivity index (χ0n) is 18.8. The van der Waals surface area contributed by atoms with Crippen molar-refractivity contribution in [1.82, 2.24) is 19.6 Å². The van der Waals surface area contributed by atoms with Gasteiger partial charge in [-0.3, -0.25) is 9.69 Å². The van der Waals surface area contributed by atoms with Crippen LogP contribution in [0.25, 0.3) is 0 Å². The first-order valence-electron chi connectivity index (χ1n) is 11.1. The first-order chi connectivity index (χ1) is 15.9. The predicted molar refractivity (Wildman–Crippen MR) is 128 cm³/mol. The normalized spacial score (nSPS) is 23.2. The highest BCUT2D eigenvalue weighted by molar-refractivity contribution is 6.30. The second kappa shape index (κ2) is 8.59. The number of hydrogen-bond acceptors (Lipinski definition) is 6. The molecule has 2 aromatic carbocycles. The van der Waals surface area contributed by atoms with Gasteiger partial charge < -0.3 is 19.6 Å². The minimum Gasteiger partial charge on any atom is -0.368 e. The van der Waals surface area contributed by atoms with Crippen molar-refractivity contribution in [1.29, 1.82) is 0 Å². The van der Waals surface area contributed by atoms with E-state index in [0.29, 0.717) is 5.02 Å². The number of nitrogens with zero attached hydrogens (tertiary/aromatic N) is 6. The number of carbonyl (C=O) groups excluding carboxylic acids is 2. The predicted octanol–water partition coefficient (Wildman–Crippen LogP) is 2.55. The molecule has 0 saturated carbocycles. The first kappa shape index (κ1) is 21.6. The topological polar surface area (TPSA) is 62.7 Å². The van der Waals surface area contributed by atoms with Gasteiger partial charge in [0.15, 0.2) is 18.2 Å². The molecule has 3 aliphatic rings. The molecule has 33 heavy (non-hydrogen) atoms. The summed E-state index contributed by atoms with van der Waals surface area (Å²) in [5, 5.41) is 0.619. The quantitative estimate of drug-likeness (QED) is 0.695. The van der Waals surface area contributed by atoms with Gasteiger partial charge >= 0.3 is 6.03 Å². The van der Waals surface area contributed by atoms with Crippen LogP contribution in [0.4, 0.5) is 10.5 Å². The van der Waals surface area contributed by atoms with Crippen molar-refractivity contribution in [2.24, 2.45) is 4.99 Å². The molecule has 0 aromatic heterocycles. The van der Waals surface area contributed by atoms with Crippen molar-refractivity contribution >= 4 is 35.2 Å². The highest BCUT2D eigenvalue weighted by Gasteiger charge is 2.51. The largest absolute Gasteiger partial charge is 0.368 e. The fraction of sp³-hybridized carbons (Fsp3) is 0.375. The molecule has 3 heterocycles. The molecule has 2 saturated heterocycles. The number of urea groups is 1. The van der Waals surface area contributed by atoms with E-state index in [-0.39, 0.29) is 18.5 Å². The number of carbonyl (C=O) groups is 2. The number of anilines is 1. The van der Waals surface area contributed by atoms with Crippen LogP contribution in [0.5, 0.6) is 0 Å². The van der Waals surface area contributed by atoms with Crippen molar-refractivity contribution < 1.29 is 9.59 Å². The Morgan fingerprint density at radius 3 is 2.18 bits per heavy atom. The molecule has 0 radical (unpaired) electrons. The van der Waals surface area contributed by atoms with Crippen LogP contribution in [0.15, 0.2) is 59.6 Å². The average molecular weight is 467 g/mol. The summed E-state index contributed by atoms with van der Waals surface area (Å²) < 4.78 is 0. The number of para-hydroxylation sites is 1. The van der Waals surface area contributed by atoms with E-state index in [1.54, 1.807) is 24.1 Å². The SMILES string of the molecule is CN1C(=O)N(Cc2ccc(Cl)cc2)C(=O)C2C1N=C(N1CCN(c3ccccc3)CC1)N2C. The number of benzene rings is 2. The van der Waals surface area contributed by atoms with E-state index in [1.165, 1.54) is 10.6 Å². The molecular weight excluding hydrogens is 440 g/mol. The van der Waals surface area contributed by atoms with Crippen LogP contribution in [0.3, 0.4) is 0 Å². The van der Waals surface area contributed by atoms with E-state index >= 15 is 0 Å². The lowest BCUT2D eigenvalue weighted by Crippen LogP contribution is -2.64. The van der Waals surface area contributed by atoms with E-state index in [0.717, 1.165) is 37.7 Å². The number of likely N-dealkylation sites (N-methyl/N-ethyl adjacent to an activating group) is 2. The van der Waals surface area contributed by atoms with Crippen LogP contribution in [-0.4, -0.2) is 90.0 Å². The second-order valence-corrected chi connectivity index (χ2v) is 9.09. The Hall–Kier alpha value is -3.26. The number of rotatable bonds is 3. The van der Waals surface area contributed by atoms with Crippen molar-refractivity contribution in [2.75, 3.05) is 45.2 Å². The van der Waals surface area contributed by atoms with Crippen molar-refractivity contribution in [2.45, 2.75) is 18.8 Å². The van der Waals surface area contributed by atoms with Crippen molar-refractivity contribution in [3.8, 4) is 0 Å². The number of hydrogen-bond donors (Lipinski definition) is 0. The highest BCUT2D eigenvalue weighted by Crippen LogP contribution is 2.29. The molecule has 0 bridgehead atoms. The second-order valence-electron chi connectivity index (χ2n) is 8.65. The van der Waals surface area contributed by atoms with E-state index in [2.05, 4.69) is 34.1 Å². The summed E-state index contributed by atoms with van der Waals surface area (Å²) in [6, 6.07) is 16.7. The smallest absolute Gasteiger partial charge is 0.328 e. The zero-order chi connectivity index (χ0) is 23.1. The molecule has 3 amide bonds. The van der Waals surface area contributed by atoms with E-state index in [9.17, 15) is 9.59 Å². The molecular formula is C24H27ClN6O2. The third-order valence-corrected chi connectivity index (χ3v) is 6.90. The molecule has 0 spiro atoms. The van der Waals surface area contributed by atoms with Gasteiger partial charge in [0.25, 0.3) is 5.91 Å². The molecule has 2 fully saturated rings. The Morgan fingerprint density at radius 1 is 0.879 bits per heavy atom. The molecule has 2 atom stereocenters. The maximum atomic E-state index is 13.4. The molecule has 0 N–H and O–H groups in total. The minimum atomic E-state index is -0.526. The fourth-order valence-electron chi connectivity index (χ4n) is 4.78. The average Bonchev–Trinajstić information content (AvgIpc) is 3.19. The van der Waals surface area contributed by atoms with Gasteiger partial charge in [-0.05, 0) is 29.8 Å². The molecule has 9 heteroatoms. The standard InChI is InChI=1S/C24H27ClN6O2/c1-27-20-21(26-23(27)30-14-12-29(13-15-30)19-6-4-3-5-7-19)28(2)24(33)31(22(20)32)16-17-8-10-18(25)11-9-17/h3-11,20-21H,12-16H2,1-2H3. The minimum absolute atomic E-state index is 0.210.